The van der Waals surface area contributed by atoms with Gasteiger partial charge in [-0.05, 0) is 6.07 Å². The first-order chi connectivity index (χ1) is 7.27. The van der Waals surface area contributed by atoms with Crippen LogP contribution in [0.1, 0.15) is 5.56 Å². The van der Waals surface area contributed by atoms with Gasteiger partial charge < -0.3 is 5.73 Å². The Balaban J connectivity index is 2.32. The van der Waals surface area contributed by atoms with Crippen molar-refractivity contribution in [1.82, 2.24) is 4.98 Å². The molecule has 1 heterocycles. The Morgan fingerprint density at radius 3 is 2.87 bits per heavy atom. The Morgan fingerprint density at radius 1 is 1.40 bits per heavy atom. The highest BCUT2D eigenvalue weighted by Gasteiger charge is 2.07. The average Bonchev–Trinajstić information content (AvgIpc) is 2.71. The SMILES string of the molecule is N=C(N)c1ccccc1Sc1nccs1. The molecule has 0 amide bonds. The molecule has 0 bridgehead atoms. The fourth-order valence-corrected chi connectivity index (χ4v) is 2.86. The van der Waals surface area contributed by atoms with E-state index >= 15 is 0 Å². The van der Waals surface area contributed by atoms with Crippen molar-refractivity contribution in [2.45, 2.75) is 9.24 Å². The molecule has 1 aromatic carbocycles. The summed E-state index contributed by atoms with van der Waals surface area (Å²) in [6, 6.07) is 7.60. The molecular weight excluding hydrogens is 226 g/mol. The first kappa shape index (κ1) is 10.2. The fraction of sp³-hybridized carbons (Fsp3) is 0. The van der Waals surface area contributed by atoms with Gasteiger partial charge in [-0.25, -0.2) is 4.98 Å². The summed E-state index contributed by atoms with van der Waals surface area (Å²) in [5.74, 6) is 0.0923. The lowest BCUT2D eigenvalue weighted by atomic mass is 10.2. The molecule has 2 rings (SSSR count). The van der Waals surface area contributed by atoms with Crippen LogP contribution in [0.15, 0.2) is 45.1 Å². The molecule has 0 aliphatic carbocycles. The van der Waals surface area contributed by atoms with Gasteiger partial charge in [-0.2, -0.15) is 0 Å². The molecule has 0 saturated carbocycles. The third-order valence-corrected chi connectivity index (χ3v) is 3.74. The van der Waals surface area contributed by atoms with Crippen LogP contribution in [0.2, 0.25) is 0 Å². The van der Waals surface area contributed by atoms with Crippen molar-refractivity contribution in [3.05, 3.63) is 41.4 Å². The maximum Gasteiger partial charge on any atom is 0.154 e. The van der Waals surface area contributed by atoms with Crippen LogP contribution >= 0.6 is 23.1 Å². The number of nitrogens with one attached hydrogen (secondary N) is 1. The van der Waals surface area contributed by atoms with E-state index in [1.807, 2.05) is 29.6 Å². The van der Waals surface area contributed by atoms with Gasteiger partial charge >= 0.3 is 0 Å². The number of rotatable bonds is 3. The molecule has 0 saturated heterocycles. The molecule has 1 aromatic heterocycles. The van der Waals surface area contributed by atoms with E-state index in [1.165, 1.54) is 11.8 Å². The van der Waals surface area contributed by atoms with Gasteiger partial charge in [-0.1, -0.05) is 30.0 Å². The van der Waals surface area contributed by atoms with Gasteiger partial charge in [0.1, 0.15) is 5.84 Å². The number of thiazole rings is 1. The van der Waals surface area contributed by atoms with Crippen LogP contribution in [0.3, 0.4) is 0 Å². The Hall–Kier alpha value is -1.33. The van der Waals surface area contributed by atoms with E-state index in [4.69, 9.17) is 11.1 Å². The smallest absolute Gasteiger partial charge is 0.154 e. The van der Waals surface area contributed by atoms with E-state index < -0.39 is 0 Å². The normalized spacial score (nSPS) is 10.1. The largest absolute Gasteiger partial charge is 0.384 e. The molecular formula is C10H9N3S2. The lowest BCUT2D eigenvalue weighted by Crippen LogP contribution is -2.11. The van der Waals surface area contributed by atoms with Crippen molar-refractivity contribution in [1.29, 1.82) is 5.41 Å². The van der Waals surface area contributed by atoms with Crippen molar-refractivity contribution >= 4 is 28.9 Å². The first-order valence-corrected chi connectivity index (χ1v) is 5.98. The summed E-state index contributed by atoms with van der Waals surface area (Å²) in [5.41, 5.74) is 6.26. The number of hydrogen-bond donors (Lipinski definition) is 2. The summed E-state index contributed by atoms with van der Waals surface area (Å²) in [6.45, 7) is 0. The fourth-order valence-electron chi connectivity index (χ4n) is 1.13. The number of amidine groups is 1. The molecule has 0 aliphatic rings. The summed E-state index contributed by atoms with van der Waals surface area (Å²) in [7, 11) is 0. The van der Waals surface area contributed by atoms with Crippen molar-refractivity contribution in [2.75, 3.05) is 0 Å². The van der Waals surface area contributed by atoms with Crippen molar-refractivity contribution < 1.29 is 0 Å². The second-order valence-corrected chi connectivity index (χ2v) is 4.99. The lowest BCUT2D eigenvalue weighted by molar-refractivity contribution is 1.24. The Morgan fingerprint density at radius 2 is 2.20 bits per heavy atom. The maximum absolute atomic E-state index is 7.45. The van der Waals surface area contributed by atoms with Crippen LogP contribution in [-0.4, -0.2) is 10.8 Å². The molecule has 0 atom stereocenters. The molecule has 0 aliphatic heterocycles. The molecule has 0 fully saturated rings. The monoisotopic (exact) mass is 235 g/mol. The minimum Gasteiger partial charge on any atom is -0.384 e. The van der Waals surface area contributed by atoms with Crippen LogP contribution in [0, 0.1) is 5.41 Å². The second-order valence-electron chi connectivity index (χ2n) is 2.81. The topological polar surface area (TPSA) is 62.8 Å². The standard InChI is InChI=1S/C10H9N3S2/c11-9(12)7-3-1-2-4-8(7)15-10-13-5-6-14-10/h1-6H,(H3,11,12). The highest BCUT2D eigenvalue weighted by molar-refractivity contribution is 8.01. The van der Waals surface area contributed by atoms with Crippen molar-refractivity contribution in [3.8, 4) is 0 Å². The predicted octanol–water partition coefficient (Wildman–Crippen LogP) is 2.58. The maximum atomic E-state index is 7.45. The molecule has 0 radical (unpaired) electrons. The number of nitrogens with two attached hydrogens (primary N) is 1. The predicted molar refractivity (Wildman–Crippen MR) is 63.7 cm³/mol. The summed E-state index contributed by atoms with van der Waals surface area (Å²) in [4.78, 5) is 5.15. The van der Waals surface area contributed by atoms with Crippen molar-refractivity contribution in [3.63, 3.8) is 0 Å². The highest BCUT2D eigenvalue weighted by Crippen LogP contribution is 2.31. The van der Waals surface area contributed by atoms with E-state index in [2.05, 4.69) is 4.98 Å². The minimum absolute atomic E-state index is 0.0923. The molecule has 76 valence electrons. The molecule has 0 spiro atoms. The highest BCUT2D eigenvalue weighted by atomic mass is 32.2. The molecule has 3 nitrogen and oxygen atoms in total. The lowest BCUT2D eigenvalue weighted by Gasteiger charge is -2.04. The van der Waals surface area contributed by atoms with Crippen molar-refractivity contribution in [2.24, 2.45) is 5.73 Å². The number of hydrogen-bond acceptors (Lipinski definition) is 4. The third kappa shape index (κ3) is 2.37. The van der Waals surface area contributed by atoms with Crippen LogP contribution in [0.25, 0.3) is 0 Å². The number of nitrogen functional groups attached to an aromatic ring is 1. The number of nitrogens with zero attached hydrogens (tertiary/aromatic N) is 1. The quantitative estimate of drug-likeness (QED) is 0.635. The van der Waals surface area contributed by atoms with Gasteiger partial charge in [-0.15, -0.1) is 11.3 Å². The van der Waals surface area contributed by atoms with Crippen LogP contribution < -0.4 is 5.73 Å². The third-order valence-electron chi connectivity index (χ3n) is 1.78. The first-order valence-electron chi connectivity index (χ1n) is 4.28. The zero-order chi connectivity index (χ0) is 10.7. The van der Waals surface area contributed by atoms with Crippen LogP contribution in [0.4, 0.5) is 0 Å². The zero-order valence-corrected chi connectivity index (χ0v) is 9.44. The average molecular weight is 235 g/mol. The van der Waals surface area contributed by atoms with E-state index in [9.17, 15) is 0 Å². The van der Waals surface area contributed by atoms with E-state index in [1.54, 1.807) is 17.5 Å². The van der Waals surface area contributed by atoms with E-state index in [0.29, 0.717) is 0 Å². The molecule has 15 heavy (non-hydrogen) atoms. The Kier molecular flexibility index (Phi) is 3.03. The minimum atomic E-state index is 0.0923. The number of benzene rings is 1. The van der Waals surface area contributed by atoms with Crippen LogP contribution in [-0.2, 0) is 0 Å². The molecule has 2 aromatic rings. The Bertz CT molecular complexity index is 465. The summed E-state index contributed by atoms with van der Waals surface area (Å²) in [5, 5.41) is 9.38. The zero-order valence-electron chi connectivity index (χ0n) is 7.81. The molecule has 0 unspecified atom stereocenters. The molecule has 3 N–H and O–H groups in total. The van der Waals surface area contributed by atoms with Gasteiger partial charge in [-0.3, -0.25) is 5.41 Å². The van der Waals surface area contributed by atoms with Gasteiger partial charge in [0.25, 0.3) is 0 Å². The summed E-state index contributed by atoms with van der Waals surface area (Å²) in [6.07, 6.45) is 1.77. The summed E-state index contributed by atoms with van der Waals surface area (Å²) < 4.78 is 0.962. The van der Waals surface area contributed by atoms with Gasteiger partial charge in [0.2, 0.25) is 0 Å². The Labute approximate surface area is 95.9 Å². The summed E-state index contributed by atoms with van der Waals surface area (Å²) >= 11 is 3.11. The number of aromatic nitrogens is 1. The second kappa shape index (κ2) is 4.46. The van der Waals surface area contributed by atoms with Crippen LogP contribution in [0.5, 0.6) is 0 Å². The van der Waals surface area contributed by atoms with E-state index in [-0.39, 0.29) is 5.84 Å². The van der Waals surface area contributed by atoms with Gasteiger partial charge in [0, 0.05) is 22.0 Å². The van der Waals surface area contributed by atoms with Gasteiger partial charge in [0.05, 0.1) is 0 Å². The molecule has 5 heteroatoms. The van der Waals surface area contributed by atoms with E-state index in [0.717, 1.165) is 14.8 Å². The van der Waals surface area contributed by atoms with Gasteiger partial charge in [0.15, 0.2) is 4.34 Å².